The van der Waals surface area contributed by atoms with E-state index in [1.165, 1.54) is 77.0 Å². The molecule has 0 aromatic rings. The van der Waals surface area contributed by atoms with Crippen LogP contribution >= 0.6 is 0 Å². The van der Waals surface area contributed by atoms with Crippen LogP contribution in [0, 0.1) is 11.8 Å². The van der Waals surface area contributed by atoms with Gasteiger partial charge in [0.2, 0.25) is 0 Å². The van der Waals surface area contributed by atoms with E-state index in [-0.39, 0.29) is 34.4 Å². The number of hydroxylamine groups is 4. The Morgan fingerprint density at radius 3 is 1.11 bits per heavy atom. The number of hydrogen-bond acceptors (Lipinski definition) is 4. The van der Waals surface area contributed by atoms with Gasteiger partial charge in [-0.3, -0.25) is 9.68 Å². The van der Waals surface area contributed by atoms with Crippen LogP contribution in [0.2, 0.25) is 0 Å². The summed E-state index contributed by atoms with van der Waals surface area (Å²) in [5.74, 6) is 1.20. The largest absolute Gasteiger partial charge is 0.291 e. The summed E-state index contributed by atoms with van der Waals surface area (Å²) in [5, 5.41) is 4.71. The maximum Gasteiger partial charge on any atom is 0.0974 e. The highest BCUT2D eigenvalue weighted by atomic mass is 16.7. The van der Waals surface area contributed by atoms with Crippen molar-refractivity contribution in [1.29, 1.82) is 0 Å². The van der Waals surface area contributed by atoms with E-state index in [1.807, 2.05) is 0 Å². The van der Waals surface area contributed by atoms with Crippen LogP contribution in [0.5, 0.6) is 0 Å². The lowest BCUT2D eigenvalue weighted by Gasteiger charge is -2.52. The maximum absolute atomic E-state index is 6.82. The fraction of sp³-hybridized carbons (Fsp3) is 0.882. The fourth-order valence-electron chi connectivity index (χ4n) is 8.05. The van der Waals surface area contributed by atoms with Crippen molar-refractivity contribution in [3.63, 3.8) is 0 Å². The molecular formula is C34H60N2O2. The van der Waals surface area contributed by atoms with Gasteiger partial charge in [0.1, 0.15) is 0 Å². The molecule has 0 radical (unpaired) electrons. The quantitative estimate of drug-likeness (QED) is 0.332. The normalized spacial score (nSPS) is 37.8. The van der Waals surface area contributed by atoms with E-state index in [0.29, 0.717) is 11.8 Å². The SMILES string of the molecule is CC1(C)CCCC(C)(C)N1O[C@@H]1/C=C\[C@H]([C@@H]2/C=C\[C@H](ON3C(C)(C)CCCC3(C)C)CCCC2)CCCC1. The minimum Gasteiger partial charge on any atom is -0.291 e. The molecule has 0 bridgehead atoms. The van der Waals surface area contributed by atoms with Crippen LogP contribution in [0.4, 0.5) is 0 Å². The van der Waals surface area contributed by atoms with E-state index in [2.05, 4.69) is 89.8 Å². The van der Waals surface area contributed by atoms with E-state index in [4.69, 9.17) is 9.68 Å². The molecule has 4 aliphatic rings. The second kappa shape index (κ2) is 12.0. The first-order valence-electron chi connectivity index (χ1n) is 16.1. The molecule has 2 aliphatic heterocycles. The maximum atomic E-state index is 6.82. The number of nitrogens with zero attached hydrogens (tertiary/aromatic N) is 2. The van der Waals surface area contributed by atoms with Gasteiger partial charge in [0, 0.05) is 22.2 Å². The number of rotatable bonds is 5. The number of hydrogen-bond donors (Lipinski definition) is 0. The van der Waals surface area contributed by atoms with E-state index in [1.54, 1.807) is 0 Å². The average Bonchev–Trinajstić information content (AvgIpc) is 2.76. The van der Waals surface area contributed by atoms with E-state index in [9.17, 15) is 0 Å². The monoisotopic (exact) mass is 528 g/mol. The molecule has 0 aromatic heterocycles. The molecule has 2 aliphatic carbocycles. The van der Waals surface area contributed by atoms with Gasteiger partial charge in [0.05, 0.1) is 12.2 Å². The lowest BCUT2D eigenvalue weighted by atomic mass is 9.80. The zero-order valence-corrected chi connectivity index (χ0v) is 26.2. The summed E-state index contributed by atoms with van der Waals surface area (Å²) in [6.45, 7) is 18.8. The van der Waals surface area contributed by atoms with E-state index in [0.717, 1.165) is 12.8 Å². The van der Waals surface area contributed by atoms with Gasteiger partial charge in [-0.2, -0.15) is 10.1 Å². The third kappa shape index (κ3) is 7.33. The highest BCUT2D eigenvalue weighted by Crippen LogP contribution is 2.41. The Kier molecular flexibility index (Phi) is 9.60. The van der Waals surface area contributed by atoms with Gasteiger partial charge in [-0.1, -0.05) is 50.0 Å². The second-order valence-corrected chi connectivity index (χ2v) is 15.5. The van der Waals surface area contributed by atoms with Gasteiger partial charge in [0.15, 0.2) is 0 Å². The Morgan fingerprint density at radius 1 is 0.447 bits per heavy atom. The van der Waals surface area contributed by atoms with Crippen molar-refractivity contribution in [1.82, 2.24) is 10.1 Å². The molecule has 218 valence electrons. The van der Waals surface area contributed by atoms with Crippen molar-refractivity contribution >= 4 is 0 Å². The first-order chi connectivity index (χ1) is 17.8. The predicted octanol–water partition coefficient (Wildman–Crippen LogP) is 9.17. The van der Waals surface area contributed by atoms with Gasteiger partial charge >= 0.3 is 0 Å². The zero-order chi connectivity index (χ0) is 27.6. The van der Waals surface area contributed by atoms with Crippen LogP contribution in [0.25, 0.3) is 0 Å². The molecule has 4 rings (SSSR count). The van der Waals surface area contributed by atoms with Gasteiger partial charge in [-0.05, 0) is 131 Å². The Labute approximate surface area is 235 Å². The summed E-state index contributed by atoms with van der Waals surface area (Å²) in [6, 6.07) is 0. The molecule has 0 saturated carbocycles. The third-order valence-corrected chi connectivity index (χ3v) is 10.1. The van der Waals surface area contributed by atoms with Crippen molar-refractivity contribution in [2.75, 3.05) is 0 Å². The highest BCUT2D eigenvalue weighted by Gasteiger charge is 2.44. The van der Waals surface area contributed by atoms with Gasteiger partial charge in [-0.15, -0.1) is 0 Å². The molecule has 0 N–H and O–H groups in total. The smallest absolute Gasteiger partial charge is 0.0974 e. The fourth-order valence-corrected chi connectivity index (χ4v) is 8.05. The minimum absolute atomic E-state index is 0.0894. The minimum atomic E-state index is 0.0894. The van der Waals surface area contributed by atoms with E-state index >= 15 is 0 Å². The zero-order valence-electron chi connectivity index (χ0n) is 26.2. The van der Waals surface area contributed by atoms with Crippen molar-refractivity contribution in [3.05, 3.63) is 24.3 Å². The third-order valence-electron chi connectivity index (χ3n) is 10.1. The van der Waals surface area contributed by atoms with Crippen LogP contribution in [0.15, 0.2) is 24.3 Å². The van der Waals surface area contributed by atoms with Gasteiger partial charge in [-0.25, -0.2) is 0 Å². The Bertz CT molecular complexity index is 726. The molecular weight excluding hydrogens is 468 g/mol. The number of piperidine rings is 2. The Morgan fingerprint density at radius 2 is 0.763 bits per heavy atom. The molecule has 4 heteroatoms. The lowest BCUT2D eigenvalue weighted by Crippen LogP contribution is -2.59. The summed E-state index contributed by atoms with van der Waals surface area (Å²) in [4.78, 5) is 13.6. The average molecular weight is 529 g/mol. The van der Waals surface area contributed by atoms with E-state index < -0.39 is 0 Å². The Hall–Kier alpha value is -0.680. The standard InChI is InChI=1S/C34H60N2O2/c1-31(2)23-13-24-32(3,4)35(31)37-29-17-11-9-15-27(19-21-29)28-16-10-12-18-30(22-20-28)38-36-33(5,6)25-14-26-34(36,7)8/h19-22,27-30H,9-18,23-26H2,1-8H3/b21-19-,22-20-/t27-,28+,29+,30-. The molecule has 0 unspecified atom stereocenters. The molecule has 4 nitrogen and oxygen atoms in total. The second-order valence-electron chi connectivity index (χ2n) is 15.5. The van der Waals surface area contributed by atoms with Gasteiger partial charge < -0.3 is 0 Å². The topological polar surface area (TPSA) is 24.9 Å². The van der Waals surface area contributed by atoms with Crippen LogP contribution < -0.4 is 0 Å². The van der Waals surface area contributed by atoms with Crippen LogP contribution in [0.1, 0.15) is 145 Å². The van der Waals surface area contributed by atoms with Crippen molar-refractivity contribution < 1.29 is 9.68 Å². The molecule has 2 fully saturated rings. The molecule has 0 aromatic carbocycles. The summed E-state index contributed by atoms with van der Waals surface area (Å²) in [7, 11) is 0. The van der Waals surface area contributed by atoms with Crippen LogP contribution in [-0.4, -0.2) is 44.5 Å². The summed E-state index contributed by atoms with van der Waals surface area (Å²) >= 11 is 0. The Balaban J connectivity index is 1.43. The first-order valence-corrected chi connectivity index (χ1v) is 16.1. The van der Waals surface area contributed by atoms with Gasteiger partial charge in [0.25, 0.3) is 0 Å². The molecule has 0 spiro atoms. The molecule has 38 heavy (non-hydrogen) atoms. The van der Waals surface area contributed by atoms with Crippen LogP contribution in [0.3, 0.4) is 0 Å². The molecule has 2 saturated heterocycles. The highest BCUT2D eigenvalue weighted by molar-refractivity contribution is 5.06. The van der Waals surface area contributed by atoms with Crippen molar-refractivity contribution in [3.8, 4) is 0 Å². The summed E-state index contributed by atoms with van der Waals surface area (Å²) < 4.78 is 0. The summed E-state index contributed by atoms with van der Waals surface area (Å²) in [6.07, 6.45) is 27.6. The van der Waals surface area contributed by atoms with Crippen molar-refractivity contribution in [2.24, 2.45) is 11.8 Å². The summed E-state index contributed by atoms with van der Waals surface area (Å²) in [5.41, 5.74) is 0.358. The molecule has 4 atom stereocenters. The van der Waals surface area contributed by atoms with Crippen molar-refractivity contribution in [2.45, 2.75) is 180 Å². The number of allylic oxidation sites excluding steroid dienone is 2. The first kappa shape index (κ1) is 30.3. The molecule has 2 heterocycles. The predicted molar refractivity (Wildman–Crippen MR) is 160 cm³/mol. The molecule has 0 amide bonds. The lowest BCUT2D eigenvalue weighted by molar-refractivity contribution is -0.297. The van der Waals surface area contributed by atoms with Crippen LogP contribution in [-0.2, 0) is 9.68 Å².